The first-order valence-corrected chi connectivity index (χ1v) is 9.04. The fourth-order valence-electron chi connectivity index (χ4n) is 5.52. The molecular formula is C20H29NO. The number of aromatic hydroxyl groups is 1. The van der Waals surface area contributed by atoms with Crippen LogP contribution >= 0.6 is 0 Å². The summed E-state index contributed by atoms with van der Waals surface area (Å²) in [6, 6.07) is 6.77. The Hall–Kier alpha value is -1.02. The van der Waals surface area contributed by atoms with Crippen LogP contribution in [-0.4, -0.2) is 29.1 Å². The lowest BCUT2D eigenvalue weighted by Gasteiger charge is -2.62. The molecule has 4 rings (SSSR count). The molecule has 0 unspecified atom stereocenters. The Kier molecular flexibility index (Phi) is 3.14. The number of fused-ring (bicyclic) bond motifs is 4. The summed E-state index contributed by atoms with van der Waals surface area (Å²) < 4.78 is 0. The van der Waals surface area contributed by atoms with Crippen LogP contribution in [0.15, 0.2) is 18.2 Å². The third kappa shape index (κ3) is 1.89. The molecule has 0 aromatic heterocycles. The topological polar surface area (TPSA) is 23.5 Å². The summed E-state index contributed by atoms with van der Waals surface area (Å²) in [5.74, 6) is 1.40. The molecule has 120 valence electrons. The average molecular weight is 299 g/mol. The van der Waals surface area contributed by atoms with Crippen molar-refractivity contribution in [3.05, 3.63) is 29.3 Å². The number of phenolic OH excluding ortho intramolecular Hbond substituents is 1. The van der Waals surface area contributed by atoms with E-state index in [0.717, 1.165) is 12.3 Å². The van der Waals surface area contributed by atoms with E-state index in [2.05, 4.69) is 37.8 Å². The smallest absolute Gasteiger partial charge is 0.115 e. The van der Waals surface area contributed by atoms with E-state index in [0.29, 0.717) is 11.8 Å². The highest BCUT2D eigenvalue weighted by Gasteiger charge is 2.57. The maximum absolute atomic E-state index is 10.0. The Morgan fingerprint density at radius 3 is 2.73 bits per heavy atom. The molecule has 2 aliphatic carbocycles. The van der Waals surface area contributed by atoms with Crippen molar-refractivity contribution in [3.8, 4) is 5.75 Å². The molecule has 0 radical (unpaired) electrons. The SMILES string of the molecule is CC[C@@]12CCN(CC3CC3)[C@@H](Cc3ccc(O)cc31)C2(C)C. The molecule has 1 aromatic carbocycles. The minimum absolute atomic E-state index is 0.226. The van der Waals surface area contributed by atoms with Crippen LogP contribution in [0.5, 0.6) is 5.75 Å². The van der Waals surface area contributed by atoms with Crippen LogP contribution in [0.3, 0.4) is 0 Å². The Morgan fingerprint density at radius 2 is 2.05 bits per heavy atom. The van der Waals surface area contributed by atoms with Crippen LogP contribution in [0.25, 0.3) is 0 Å². The van der Waals surface area contributed by atoms with E-state index >= 15 is 0 Å². The molecule has 0 spiro atoms. The van der Waals surface area contributed by atoms with Crippen molar-refractivity contribution in [1.82, 2.24) is 4.90 Å². The summed E-state index contributed by atoms with van der Waals surface area (Å²) in [7, 11) is 0. The van der Waals surface area contributed by atoms with E-state index in [1.165, 1.54) is 49.9 Å². The summed E-state index contributed by atoms with van der Waals surface area (Å²) in [6.07, 6.45) is 6.43. The van der Waals surface area contributed by atoms with Gasteiger partial charge < -0.3 is 5.11 Å². The summed E-state index contributed by atoms with van der Waals surface area (Å²) in [5.41, 5.74) is 3.41. The molecule has 1 saturated heterocycles. The minimum Gasteiger partial charge on any atom is -0.508 e. The van der Waals surface area contributed by atoms with E-state index in [-0.39, 0.29) is 10.8 Å². The number of nitrogens with zero attached hydrogens (tertiary/aromatic N) is 1. The second-order valence-corrected chi connectivity index (χ2v) is 8.41. The van der Waals surface area contributed by atoms with Crippen LogP contribution in [0.1, 0.15) is 57.6 Å². The number of hydrogen-bond donors (Lipinski definition) is 1. The molecule has 1 heterocycles. The zero-order valence-corrected chi connectivity index (χ0v) is 14.2. The van der Waals surface area contributed by atoms with Crippen LogP contribution in [0.4, 0.5) is 0 Å². The summed E-state index contributed by atoms with van der Waals surface area (Å²) in [6.45, 7) is 9.84. The zero-order chi connectivity index (χ0) is 15.5. The van der Waals surface area contributed by atoms with Crippen LogP contribution in [0, 0.1) is 11.3 Å². The highest BCUT2D eigenvalue weighted by atomic mass is 16.3. The third-order valence-electron chi connectivity index (χ3n) is 7.15. The van der Waals surface area contributed by atoms with E-state index in [1.54, 1.807) is 0 Å². The molecule has 2 heteroatoms. The van der Waals surface area contributed by atoms with Gasteiger partial charge in [0, 0.05) is 18.0 Å². The van der Waals surface area contributed by atoms with Crippen LogP contribution in [-0.2, 0) is 11.8 Å². The Labute approximate surface area is 134 Å². The first-order valence-electron chi connectivity index (χ1n) is 9.04. The number of rotatable bonds is 3. The summed E-state index contributed by atoms with van der Waals surface area (Å²) in [4.78, 5) is 2.79. The largest absolute Gasteiger partial charge is 0.508 e. The molecule has 1 aliphatic heterocycles. The quantitative estimate of drug-likeness (QED) is 0.908. The van der Waals surface area contributed by atoms with Crippen molar-refractivity contribution >= 4 is 0 Å². The summed E-state index contributed by atoms with van der Waals surface area (Å²) >= 11 is 0. The molecule has 2 atom stereocenters. The molecule has 1 N–H and O–H groups in total. The minimum atomic E-state index is 0.226. The van der Waals surface area contributed by atoms with Gasteiger partial charge >= 0.3 is 0 Å². The van der Waals surface area contributed by atoms with Gasteiger partial charge in [0.15, 0.2) is 0 Å². The monoisotopic (exact) mass is 299 g/mol. The molecule has 1 saturated carbocycles. The molecule has 2 nitrogen and oxygen atoms in total. The normalized spacial score (nSPS) is 33.5. The lowest BCUT2D eigenvalue weighted by atomic mass is 9.49. The van der Waals surface area contributed by atoms with E-state index in [1.807, 2.05) is 6.07 Å². The number of benzene rings is 1. The first-order chi connectivity index (χ1) is 10.5. The lowest BCUT2D eigenvalue weighted by molar-refractivity contribution is -0.0499. The molecule has 2 bridgehead atoms. The van der Waals surface area contributed by atoms with Gasteiger partial charge in [0.25, 0.3) is 0 Å². The predicted molar refractivity (Wildman–Crippen MR) is 90.3 cm³/mol. The fraction of sp³-hybridized carbons (Fsp3) is 0.700. The Morgan fingerprint density at radius 1 is 1.27 bits per heavy atom. The van der Waals surface area contributed by atoms with Crippen molar-refractivity contribution in [2.45, 2.75) is 64.3 Å². The fourth-order valence-corrected chi connectivity index (χ4v) is 5.52. The molecular weight excluding hydrogens is 270 g/mol. The highest BCUT2D eigenvalue weighted by molar-refractivity contribution is 5.46. The molecule has 0 amide bonds. The predicted octanol–water partition coefficient (Wildman–Crippen LogP) is 4.11. The number of hydrogen-bond acceptors (Lipinski definition) is 2. The second kappa shape index (κ2) is 4.74. The first kappa shape index (κ1) is 14.6. The Bertz CT molecular complexity index is 589. The van der Waals surface area contributed by atoms with Gasteiger partial charge in [0.2, 0.25) is 0 Å². The highest BCUT2D eigenvalue weighted by Crippen LogP contribution is 2.58. The third-order valence-corrected chi connectivity index (χ3v) is 7.15. The number of phenols is 1. The van der Waals surface area contributed by atoms with Gasteiger partial charge in [0.05, 0.1) is 0 Å². The van der Waals surface area contributed by atoms with Crippen molar-refractivity contribution in [3.63, 3.8) is 0 Å². The van der Waals surface area contributed by atoms with Crippen molar-refractivity contribution in [1.29, 1.82) is 0 Å². The number of piperidine rings is 1. The molecule has 3 aliphatic rings. The van der Waals surface area contributed by atoms with Crippen molar-refractivity contribution in [2.75, 3.05) is 13.1 Å². The van der Waals surface area contributed by atoms with E-state index in [9.17, 15) is 5.11 Å². The van der Waals surface area contributed by atoms with Gasteiger partial charge in [-0.1, -0.05) is 26.8 Å². The maximum Gasteiger partial charge on any atom is 0.115 e. The molecule has 2 fully saturated rings. The Balaban J connectivity index is 1.80. The van der Waals surface area contributed by atoms with Gasteiger partial charge in [-0.25, -0.2) is 0 Å². The summed E-state index contributed by atoms with van der Waals surface area (Å²) in [5, 5.41) is 10.0. The van der Waals surface area contributed by atoms with E-state index in [4.69, 9.17) is 0 Å². The van der Waals surface area contributed by atoms with Crippen molar-refractivity contribution < 1.29 is 5.11 Å². The molecule has 1 aromatic rings. The number of likely N-dealkylation sites (tertiary alicyclic amines) is 1. The van der Waals surface area contributed by atoms with Gasteiger partial charge in [-0.2, -0.15) is 0 Å². The van der Waals surface area contributed by atoms with Gasteiger partial charge in [-0.15, -0.1) is 0 Å². The lowest BCUT2D eigenvalue weighted by Crippen LogP contribution is -2.64. The van der Waals surface area contributed by atoms with E-state index < -0.39 is 0 Å². The van der Waals surface area contributed by atoms with Gasteiger partial charge in [-0.05, 0) is 73.2 Å². The van der Waals surface area contributed by atoms with Crippen LogP contribution < -0.4 is 0 Å². The zero-order valence-electron chi connectivity index (χ0n) is 14.2. The molecule has 22 heavy (non-hydrogen) atoms. The van der Waals surface area contributed by atoms with Gasteiger partial charge in [0.1, 0.15) is 5.75 Å². The standard InChI is InChI=1S/C20H29NO/c1-4-20-9-10-21(13-14-5-6-14)18(19(20,2)3)11-15-7-8-16(22)12-17(15)20/h7-8,12,14,18,22H,4-6,9-11,13H2,1-3H3/t18-,20+/m0/s1. The van der Waals surface area contributed by atoms with Gasteiger partial charge in [-0.3, -0.25) is 4.90 Å². The van der Waals surface area contributed by atoms with Crippen LogP contribution in [0.2, 0.25) is 0 Å². The average Bonchev–Trinajstić information content (AvgIpc) is 3.27. The second-order valence-electron chi connectivity index (χ2n) is 8.41. The van der Waals surface area contributed by atoms with Crippen molar-refractivity contribution in [2.24, 2.45) is 11.3 Å². The maximum atomic E-state index is 10.0.